The van der Waals surface area contributed by atoms with Crippen molar-refractivity contribution in [1.29, 1.82) is 0 Å². The van der Waals surface area contributed by atoms with Crippen molar-refractivity contribution < 1.29 is 19.1 Å². The molecule has 1 heterocycles. The summed E-state index contributed by atoms with van der Waals surface area (Å²) in [4.78, 5) is 40.5. The third-order valence-corrected chi connectivity index (χ3v) is 6.03. The minimum atomic E-state index is -1.06. The number of rotatable bonds is 7. The van der Waals surface area contributed by atoms with E-state index < -0.39 is 23.8 Å². The molecule has 3 aromatic carbocycles. The van der Waals surface area contributed by atoms with E-state index in [0.29, 0.717) is 45.0 Å². The van der Waals surface area contributed by atoms with Crippen molar-refractivity contribution in [2.45, 2.75) is 19.4 Å². The Morgan fingerprint density at radius 2 is 1.83 bits per heavy atom. The zero-order valence-corrected chi connectivity index (χ0v) is 20.8. The molecule has 0 saturated heterocycles. The van der Waals surface area contributed by atoms with Gasteiger partial charge in [-0.3, -0.25) is 19.3 Å². The fourth-order valence-electron chi connectivity index (χ4n) is 3.81. The molecule has 0 unspecified atom stereocenters. The standard InChI is InChI=1S/C27H23Cl2N3O4/c1-2-36-20-12-10-19(11-13-20)30-25(33)16-24-27(35)31-22-5-3-4-6-23(22)32(24)26(34)14-8-17-7-9-18(28)15-21(17)29/h3-15,24H,2,16H2,1H3,(H,30,33)(H,31,35)/b14-8+/t24-/m1/s1. The maximum Gasteiger partial charge on any atom is 0.251 e. The molecule has 36 heavy (non-hydrogen) atoms. The third kappa shape index (κ3) is 5.87. The minimum absolute atomic E-state index is 0.241. The number of hydrogen-bond acceptors (Lipinski definition) is 4. The van der Waals surface area contributed by atoms with Gasteiger partial charge in [0, 0.05) is 21.8 Å². The highest BCUT2D eigenvalue weighted by atomic mass is 35.5. The Morgan fingerprint density at radius 1 is 1.08 bits per heavy atom. The van der Waals surface area contributed by atoms with Gasteiger partial charge in [0.1, 0.15) is 11.8 Å². The molecule has 9 heteroatoms. The normalized spacial score (nSPS) is 14.8. The molecule has 0 aromatic heterocycles. The fraction of sp³-hybridized carbons (Fsp3) is 0.148. The molecule has 0 radical (unpaired) electrons. The van der Waals surface area contributed by atoms with Crippen molar-refractivity contribution in [3.63, 3.8) is 0 Å². The number of hydrogen-bond donors (Lipinski definition) is 2. The van der Waals surface area contributed by atoms with Gasteiger partial charge in [0.2, 0.25) is 11.8 Å². The summed E-state index contributed by atoms with van der Waals surface area (Å²) in [6, 6.07) is 17.7. The second-order valence-corrected chi connectivity index (χ2v) is 8.78. The summed E-state index contributed by atoms with van der Waals surface area (Å²) >= 11 is 12.2. The fourth-order valence-corrected chi connectivity index (χ4v) is 4.29. The summed E-state index contributed by atoms with van der Waals surface area (Å²) in [5, 5.41) is 6.42. The van der Waals surface area contributed by atoms with E-state index in [1.807, 2.05) is 6.92 Å². The zero-order chi connectivity index (χ0) is 25.7. The first kappa shape index (κ1) is 25.3. The first-order chi connectivity index (χ1) is 17.4. The highest BCUT2D eigenvalue weighted by Crippen LogP contribution is 2.33. The van der Waals surface area contributed by atoms with Crippen LogP contribution >= 0.6 is 23.2 Å². The highest BCUT2D eigenvalue weighted by Gasteiger charge is 2.37. The number of para-hydroxylation sites is 2. The number of halogens is 2. The van der Waals surface area contributed by atoms with Gasteiger partial charge in [-0.2, -0.15) is 0 Å². The molecule has 3 amide bonds. The average Bonchev–Trinajstić information content (AvgIpc) is 2.85. The van der Waals surface area contributed by atoms with E-state index in [9.17, 15) is 14.4 Å². The Bertz CT molecular complexity index is 1320. The Morgan fingerprint density at radius 3 is 2.56 bits per heavy atom. The predicted molar refractivity (Wildman–Crippen MR) is 143 cm³/mol. The lowest BCUT2D eigenvalue weighted by molar-refractivity contribution is -0.124. The molecule has 0 bridgehead atoms. The summed E-state index contributed by atoms with van der Waals surface area (Å²) in [7, 11) is 0. The monoisotopic (exact) mass is 523 g/mol. The van der Waals surface area contributed by atoms with Gasteiger partial charge in [0.05, 0.1) is 24.4 Å². The number of carbonyl (C=O) groups is 3. The third-order valence-electron chi connectivity index (χ3n) is 5.47. The molecule has 7 nitrogen and oxygen atoms in total. The van der Waals surface area contributed by atoms with E-state index in [-0.39, 0.29) is 6.42 Å². The molecule has 1 atom stereocenters. The van der Waals surface area contributed by atoms with Crippen LogP contribution in [0, 0.1) is 0 Å². The molecule has 4 rings (SSSR count). The molecule has 0 saturated carbocycles. The number of nitrogens with zero attached hydrogens (tertiary/aromatic N) is 1. The van der Waals surface area contributed by atoms with Gasteiger partial charge in [-0.25, -0.2) is 0 Å². The van der Waals surface area contributed by atoms with Crippen molar-refractivity contribution >= 4 is 64.1 Å². The second kappa shape index (κ2) is 11.3. The largest absolute Gasteiger partial charge is 0.494 e. The van der Waals surface area contributed by atoms with Crippen LogP contribution in [0.4, 0.5) is 17.1 Å². The summed E-state index contributed by atoms with van der Waals surface area (Å²) in [5.41, 5.74) is 2.12. The van der Waals surface area contributed by atoms with Crippen LogP contribution in [0.1, 0.15) is 18.9 Å². The van der Waals surface area contributed by atoms with Crippen molar-refractivity contribution in [3.05, 3.63) is 88.4 Å². The molecule has 2 N–H and O–H groups in total. The molecule has 1 aliphatic rings. The lowest BCUT2D eigenvalue weighted by Crippen LogP contribution is -2.52. The first-order valence-corrected chi connectivity index (χ1v) is 12.0. The van der Waals surface area contributed by atoms with Gasteiger partial charge in [0.25, 0.3) is 5.91 Å². The van der Waals surface area contributed by atoms with E-state index in [2.05, 4.69) is 10.6 Å². The topological polar surface area (TPSA) is 87.7 Å². The number of amides is 3. The van der Waals surface area contributed by atoms with Gasteiger partial charge < -0.3 is 15.4 Å². The molecule has 0 fully saturated rings. The van der Waals surface area contributed by atoms with E-state index in [1.165, 1.54) is 11.0 Å². The number of ether oxygens (including phenoxy) is 1. The van der Waals surface area contributed by atoms with Crippen LogP contribution in [0.15, 0.2) is 72.8 Å². The molecule has 3 aromatic rings. The molecule has 0 spiro atoms. The summed E-state index contributed by atoms with van der Waals surface area (Å²) in [5.74, 6) is -0.659. The number of nitrogens with one attached hydrogen (secondary N) is 2. The number of fused-ring (bicyclic) bond motifs is 1. The number of benzene rings is 3. The van der Waals surface area contributed by atoms with Crippen molar-refractivity contribution in [2.24, 2.45) is 0 Å². The minimum Gasteiger partial charge on any atom is -0.494 e. The van der Waals surface area contributed by atoms with Crippen LogP contribution in [0.25, 0.3) is 6.08 Å². The smallest absolute Gasteiger partial charge is 0.251 e. The van der Waals surface area contributed by atoms with Crippen LogP contribution in [0.3, 0.4) is 0 Å². The van der Waals surface area contributed by atoms with Gasteiger partial charge >= 0.3 is 0 Å². The zero-order valence-electron chi connectivity index (χ0n) is 19.3. The van der Waals surface area contributed by atoms with Crippen molar-refractivity contribution in [2.75, 3.05) is 22.1 Å². The van der Waals surface area contributed by atoms with Crippen LogP contribution in [0.5, 0.6) is 5.75 Å². The first-order valence-electron chi connectivity index (χ1n) is 11.2. The predicted octanol–water partition coefficient (Wildman–Crippen LogP) is 5.79. The van der Waals surface area contributed by atoms with Crippen LogP contribution in [-0.4, -0.2) is 30.4 Å². The van der Waals surface area contributed by atoms with Crippen LogP contribution < -0.4 is 20.3 Å². The van der Waals surface area contributed by atoms with Gasteiger partial charge in [-0.05, 0) is 67.1 Å². The van der Waals surface area contributed by atoms with Crippen molar-refractivity contribution in [1.82, 2.24) is 0 Å². The van der Waals surface area contributed by atoms with E-state index in [1.54, 1.807) is 72.8 Å². The number of carbonyl (C=O) groups excluding carboxylic acids is 3. The van der Waals surface area contributed by atoms with Crippen molar-refractivity contribution in [3.8, 4) is 5.75 Å². The summed E-state index contributed by atoms with van der Waals surface area (Å²) in [6.07, 6.45) is 2.63. The highest BCUT2D eigenvalue weighted by molar-refractivity contribution is 6.35. The summed E-state index contributed by atoms with van der Waals surface area (Å²) < 4.78 is 5.41. The van der Waals surface area contributed by atoms with Gasteiger partial charge in [-0.1, -0.05) is 41.4 Å². The molecular formula is C27H23Cl2N3O4. The number of anilines is 3. The molecule has 1 aliphatic heterocycles. The Balaban J connectivity index is 1.56. The lowest BCUT2D eigenvalue weighted by atomic mass is 10.0. The molecule has 184 valence electrons. The second-order valence-electron chi connectivity index (χ2n) is 7.94. The Kier molecular flexibility index (Phi) is 7.93. The van der Waals surface area contributed by atoms with E-state index >= 15 is 0 Å². The van der Waals surface area contributed by atoms with E-state index in [0.717, 1.165) is 0 Å². The average molecular weight is 524 g/mol. The maximum absolute atomic E-state index is 13.4. The lowest BCUT2D eigenvalue weighted by Gasteiger charge is -2.35. The Labute approximate surface area is 218 Å². The van der Waals surface area contributed by atoms with Crippen LogP contribution in [-0.2, 0) is 14.4 Å². The maximum atomic E-state index is 13.4. The Hall–Kier alpha value is -3.81. The molecule has 0 aliphatic carbocycles. The van der Waals surface area contributed by atoms with Crippen LogP contribution in [0.2, 0.25) is 10.0 Å². The quantitative estimate of drug-likeness (QED) is 0.383. The SMILES string of the molecule is CCOc1ccc(NC(=O)C[C@@H]2C(=O)Nc3ccccc3N2C(=O)/C=C/c2ccc(Cl)cc2Cl)cc1. The van der Waals surface area contributed by atoms with Gasteiger partial charge in [0.15, 0.2) is 0 Å². The molecular weight excluding hydrogens is 501 g/mol. The van der Waals surface area contributed by atoms with E-state index in [4.69, 9.17) is 27.9 Å². The summed E-state index contributed by atoms with van der Waals surface area (Å²) in [6.45, 7) is 2.42. The van der Waals surface area contributed by atoms with Gasteiger partial charge in [-0.15, -0.1) is 0 Å².